The van der Waals surface area contributed by atoms with Crippen molar-refractivity contribution in [1.29, 1.82) is 0 Å². The number of ketones is 1. The number of ether oxygens (including phenoxy) is 13. The number of methoxy groups -OCH3 is 3. The molecule has 4 aliphatic heterocycles. The molecule has 0 bridgehead atoms. The van der Waals surface area contributed by atoms with Crippen molar-refractivity contribution < 1.29 is 112 Å². The summed E-state index contributed by atoms with van der Waals surface area (Å²) >= 11 is 0. The van der Waals surface area contributed by atoms with Crippen LogP contribution in [0.5, 0.6) is 0 Å². The van der Waals surface area contributed by atoms with Gasteiger partial charge in [-0.3, -0.25) is 14.4 Å². The Bertz CT molecular complexity index is 2060. The molecule has 428 valence electrons. The highest BCUT2D eigenvalue weighted by Gasteiger charge is 2.80. The molecular formula is C52H82O23. The minimum Gasteiger partial charge on any atom is -0.458 e. The van der Waals surface area contributed by atoms with E-state index in [1.54, 1.807) is 27.9 Å². The van der Waals surface area contributed by atoms with Crippen molar-refractivity contribution in [3.8, 4) is 0 Å². The fourth-order valence-corrected chi connectivity index (χ4v) is 14.6. The van der Waals surface area contributed by atoms with Crippen molar-refractivity contribution in [3.05, 3.63) is 11.6 Å². The highest BCUT2D eigenvalue weighted by molar-refractivity contribution is 5.80. The quantitative estimate of drug-likeness (QED) is 0.0853. The van der Waals surface area contributed by atoms with Gasteiger partial charge in [0.1, 0.15) is 84.1 Å². The lowest BCUT2D eigenvalue weighted by Gasteiger charge is -2.68. The van der Waals surface area contributed by atoms with Crippen LogP contribution in [-0.4, -0.2) is 222 Å². The Morgan fingerprint density at radius 2 is 1.23 bits per heavy atom. The Hall–Kier alpha value is -2.37. The number of Topliss-reactive ketones (excluding diaryl/α,β-unsaturated/α-hetero) is 1. The molecule has 0 aromatic rings. The fourth-order valence-electron chi connectivity index (χ4n) is 14.6. The molecule has 27 unspecified atom stereocenters. The van der Waals surface area contributed by atoms with Gasteiger partial charge in [-0.2, -0.15) is 0 Å². The van der Waals surface area contributed by atoms with Gasteiger partial charge >= 0.3 is 11.9 Å². The summed E-state index contributed by atoms with van der Waals surface area (Å²) in [5, 5.41) is 78.2. The number of carbonyl (C=O) groups is 3. The molecule has 4 saturated heterocycles. The molecule has 8 rings (SSSR count). The van der Waals surface area contributed by atoms with Crippen molar-refractivity contribution in [2.45, 2.75) is 247 Å². The van der Waals surface area contributed by atoms with Crippen LogP contribution in [0.25, 0.3) is 0 Å². The summed E-state index contributed by atoms with van der Waals surface area (Å²) < 4.78 is 79.8. The van der Waals surface area contributed by atoms with Gasteiger partial charge in [-0.1, -0.05) is 25.5 Å². The van der Waals surface area contributed by atoms with Gasteiger partial charge in [0.05, 0.1) is 43.2 Å². The molecule has 4 heterocycles. The summed E-state index contributed by atoms with van der Waals surface area (Å²) in [6.45, 7) is 12.2. The van der Waals surface area contributed by atoms with Gasteiger partial charge in [0.2, 0.25) is 0 Å². The Morgan fingerprint density at radius 1 is 0.653 bits per heavy atom. The van der Waals surface area contributed by atoms with Crippen molar-refractivity contribution in [3.63, 3.8) is 0 Å². The maximum Gasteiger partial charge on any atom is 0.303 e. The molecule has 0 spiro atoms. The zero-order valence-electron chi connectivity index (χ0n) is 44.9. The fraction of sp³-hybridized carbons (Fsp3) is 0.904. The molecule has 23 heteroatoms. The molecule has 23 nitrogen and oxygen atoms in total. The summed E-state index contributed by atoms with van der Waals surface area (Å²) in [4.78, 5) is 38.9. The first-order chi connectivity index (χ1) is 35.3. The van der Waals surface area contributed by atoms with E-state index in [4.69, 9.17) is 61.6 Å². The monoisotopic (exact) mass is 1070 g/mol. The van der Waals surface area contributed by atoms with Gasteiger partial charge in [-0.15, -0.1) is 0 Å². The SMILES string of the molecule is COC1CC(OC2CCC3(C)C(=CCC4(O)C3C(OC(C)=O)C(OC(C)=O)C3(C)C(C(C)=O)CCC43O)C2)OC(C)C1OC1CC(OC)C(OC2OC(C)C(OC3OC(CO)C(O)C(O)C3O)C(OC)C2O)C(C)O1. The van der Waals surface area contributed by atoms with Gasteiger partial charge in [0.15, 0.2) is 25.2 Å². The number of hydrogen-bond acceptors (Lipinski definition) is 23. The zero-order valence-corrected chi connectivity index (χ0v) is 44.9. The molecule has 0 aromatic heterocycles. The molecule has 7 N–H and O–H groups in total. The molecule has 0 aromatic carbocycles. The second-order valence-corrected chi connectivity index (χ2v) is 22.7. The smallest absolute Gasteiger partial charge is 0.303 e. The molecule has 0 amide bonds. The minimum absolute atomic E-state index is 0.00771. The summed E-state index contributed by atoms with van der Waals surface area (Å²) in [5.41, 5.74) is -5.09. The number of aliphatic hydroxyl groups is 7. The van der Waals surface area contributed by atoms with Gasteiger partial charge in [0, 0.05) is 65.3 Å². The van der Waals surface area contributed by atoms with Crippen LogP contribution in [0.3, 0.4) is 0 Å². The number of esters is 2. The number of fused-ring (bicyclic) bond motifs is 5. The van der Waals surface area contributed by atoms with Crippen LogP contribution in [-0.2, 0) is 76.0 Å². The topological polar surface area (TPSA) is 313 Å². The predicted molar refractivity (Wildman–Crippen MR) is 255 cm³/mol. The van der Waals surface area contributed by atoms with Gasteiger partial charge in [-0.05, 0) is 71.6 Å². The number of hydrogen-bond donors (Lipinski definition) is 7. The maximum atomic E-state index is 13.2. The van der Waals surface area contributed by atoms with Crippen LogP contribution in [0.1, 0.15) is 107 Å². The third kappa shape index (κ3) is 10.3. The minimum atomic E-state index is -1.87. The standard InChI is InChI=1S/C52H82O23/c1-22(54)30-14-17-52(62)50(30,8)46(70-27(6)56)44(69-26(5)55)45-49(7)15-13-29(18-28(49)12-16-51(45,52)61)71-34-19-31(63-9)40(23(2)66-34)73-35-20-32(64-10)41(24(3)67-35)74-48-39(60)43(65-11)42(25(4)68-48)75-47-38(59)37(58)36(57)33(21-53)72-47/h12,23-25,29-48,53,57-62H,13-21H2,1-11H3. The van der Waals surface area contributed by atoms with E-state index in [0.717, 1.165) is 5.57 Å². The summed E-state index contributed by atoms with van der Waals surface area (Å²) in [6.07, 6.45) is -17.0. The van der Waals surface area contributed by atoms with Crippen LogP contribution < -0.4 is 0 Å². The second-order valence-electron chi connectivity index (χ2n) is 22.7. The summed E-state index contributed by atoms with van der Waals surface area (Å²) in [6, 6.07) is 0. The Kier molecular flexibility index (Phi) is 17.7. The predicted octanol–water partition coefficient (Wildman–Crippen LogP) is 0.229. The molecular weight excluding hydrogens is 993 g/mol. The van der Waals surface area contributed by atoms with Gasteiger partial charge in [-0.25, -0.2) is 0 Å². The van der Waals surface area contributed by atoms with Gasteiger partial charge < -0.3 is 97.3 Å². The first-order valence-corrected chi connectivity index (χ1v) is 26.5. The highest BCUT2D eigenvalue weighted by atomic mass is 16.8. The van der Waals surface area contributed by atoms with E-state index >= 15 is 0 Å². The second kappa shape index (κ2) is 22.6. The third-order valence-corrected chi connectivity index (χ3v) is 18.4. The Balaban J connectivity index is 0.896. The van der Waals surface area contributed by atoms with Crippen LogP contribution in [0.15, 0.2) is 11.6 Å². The normalized spacial score (nSPS) is 50.9. The lowest BCUT2D eigenvalue weighted by molar-refractivity contribution is -0.373. The van der Waals surface area contributed by atoms with Crippen LogP contribution in [0, 0.1) is 22.7 Å². The van der Waals surface area contributed by atoms with E-state index in [1.807, 2.05) is 19.9 Å². The van der Waals surface area contributed by atoms with E-state index < -0.39 is 175 Å². The van der Waals surface area contributed by atoms with E-state index in [0.29, 0.717) is 25.7 Å². The van der Waals surface area contributed by atoms with E-state index in [2.05, 4.69) is 0 Å². The largest absolute Gasteiger partial charge is 0.458 e. The van der Waals surface area contributed by atoms with E-state index in [9.17, 15) is 50.1 Å². The maximum absolute atomic E-state index is 13.2. The van der Waals surface area contributed by atoms with Crippen LogP contribution in [0.4, 0.5) is 0 Å². The molecule has 3 saturated carbocycles. The van der Waals surface area contributed by atoms with Crippen molar-refractivity contribution in [1.82, 2.24) is 0 Å². The van der Waals surface area contributed by atoms with Crippen molar-refractivity contribution in [2.24, 2.45) is 22.7 Å². The molecule has 75 heavy (non-hydrogen) atoms. The van der Waals surface area contributed by atoms with Crippen molar-refractivity contribution in [2.75, 3.05) is 27.9 Å². The number of aliphatic hydroxyl groups excluding tert-OH is 5. The molecule has 8 aliphatic rings. The molecule has 4 aliphatic carbocycles. The summed E-state index contributed by atoms with van der Waals surface area (Å²) in [5.74, 6) is -3.20. The van der Waals surface area contributed by atoms with Crippen LogP contribution in [0.2, 0.25) is 0 Å². The zero-order chi connectivity index (χ0) is 54.9. The van der Waals surface area contributed by atoms with Gasteiger partial charge in [0.25, 0.3) is 0 Å². The lowest BCUT2D eigenvalue weighted by atomic mass is 9.42. The average molecular weight is 1080 g/mol. The molecule has 0 radical (unpaired) electrons. The summed E-state index contributed by atoms with van der Waals surface area (Å²) in [7, 11) is 4.46. The lowest BCUT2D eigenvalue weighted by Crippen LogP contribution is -2.80. The van der Waals surface area contributed by atoms with E-state index in [-0.39, 0.29) is 37.6 Å². The first-order valence-electron chi connectivity index (χ1n) is 26.5. The average Bonchev–Trinajstić information content (AvgIpc) is 3.65. The van der Waals surface area contributed by atoms with Crippen LogP contribution >= 0.6 is 0 Å². The molecule has 7 fully saturated rings. The van der Waals surface area contributed by atoms with Crippen molar-refractivity contribution >= 4 is 17.7 Å². The third-order valence-electron chi connectivity index (χ3n) is 18.4. The highest BCUT2D eigenvalue weighted by Crippen LogP contribution is 2.70. The number of carbonyl (C=O) groups excluding carboxylic acids is 3. The first kappa shape index (κ1) is 58.8. The Labute approximate surface area is 437 Å². The molecule has 27 atom stereocenters. The number of rotatable bonds is 15. The Morgan fingerprint density at radius 3 is 1.80 bits per heavy atom. The van der Waals surface area contributed by atoms with E-state index in [1.165, 1.54) is 35.0 Å².